The van der Waals surface area contributed by atoms with Gasteiger partial charge in [0.25, 0.3) is 0 Å². The molecule has 90 valence electrons. The number of aromatic nitrogens is 1. The third-order valence-corrected chi connectivity index (χ3v) is 2.61. The van der Waals surface area contributed by atoms with Crippen LogP contribution in [0.1, 0.15) is 16.7 Å². The van der Waals surface area contributed by atoms with E-state index in [4.69, 9.17) is 5.26 Å². The monoisotopic (exact) mass is 241 g/mol. The number of anilines is 1. The van der Waals surface area contributed by atoms with Gasteiger partial charge < -0.3 is 5.32 Å². The number of hydrogen-bond acceptors (Lipinski definition) is 3. The van der Waals surface area contributed by atoms with E-state index in [2.05, 4.69) is 16.4 Å². The maximum absolute atomic E-state index is 13.1. The minimum absolute atomic E-state index is 0.214. The average molecular weight is 241 g/mol. The maximum Gasteiger partial charge on any atom is 0.144 e. The van der Waals surface area contributed by atoms with Crippen molar-refractivity contribution in [2.75, 3.05) is 5.32 Å². The molecule has 0 saturated carbocycles. The smallest absolute Gasteiger partial charge is 0.144 e. The van der Waals surface area contributed by atoms with E-state index in [9.17, 15) is 4.39 Å². The quantitative estimate of drug-likeness (QED) is 0.898. The summed E-state index contributed by atoms with van der Waals surface area (Å²) in [5.41, 5.74) is 2.05. The topological polar surface area (TPSA) is 48.7 Å². The SMILES string of the molecule is Cc1cc(CNc2ncccc2C#N)ccc1F. The first-order valence-electron chi connectivity index (χ1n) is 5.54. The zero-order valence-corrected chi connectivity index (χ0v) is 9.94. The molecule has 0 fully saturated rings. The van der Waals surface area contributed by atoms with Crippen LogP contribution in [0.15, 0.2) is 36.5 Å². The summed E-state index contributed by atoms with van der Waals surface area (Å²) < 4.78 is 13.1. The zero-order valence-electron chi connectivity index (χ0n) is 9.94. The van der Waals surface area contributed by atoms with E-state index in [1.54, 1.807) is 37.4 Å². The van der Waals surface area contributed by atoms with Crippen LogP contribution in [-0.4, -0.2) is 4.98 Å². The number of benzene rings is 1. The Kier molecular flexibility index (Phi) is 3.54. The highest BCUT2D eigenvalue weighted by molar-refractivity contribution is 5.51. The van der Waals surface area contributed by atoms with Gasteiger partial charge in [-0.3, -0.25) is 0 Å². The lowest BCUT2D eigenvalue weighted by Gasteiger charge is -2.07. The van der Waals surface area contributed by atoms with Crippen molar-refractivity contribution in [3.05, 3.63) is 59.0 Å². The second kappa shape index (κ2) is 5.28. The number of pyridine rings is 1. The Balaban J connectivity index is 2.12. The van der Waals surface area contributed by atoms with E-state index in [-0.39, 0.29) is 5.82 Å². The van der Waals surface area contributed by atoms with Crippen molar-refractivity contribution in [1.29, 1.82) is 5.26 Å². The largest absolute Gasteiger partial charge is 0.365 e. The molecule has 3 nitrogen and oxygen atoms in total. The molecule has 0 aliphatic rings. The molecular weight excluding hydrogens is 229 g/mol. The van der Waals surface area contributed by atoms with Gasteiger partial charge in [0.1, 0.15) is 17.7 Å². The van der Waals surface area contributed by atoms with Crippen LogP contribution in [-0.2, 0) is 6.54 Å². The molecule has 0 atom stereocenters. The minimum atomic E-state index is -0.214. The normalized spacial score (nSPS) is 9.83. The maximum atomic E-state index is 13.1. The van der Waals surface area contributed by atoms with E-state index in [0.717, 1.165) is 5.56 Å². The van der Waals surface area contributed by atoms with Crippen LogP contribution in [0.2, 0.25) is 0 Å². The van der Waals surface area contributed by atoms with Crippen molar-refractivity contribution < 1.29 is 4.39 Å². The number of hydrogen-bond donors (Lipinski definition) is 1. The van der Waals surface area contributed by atoms with Crippen molar-refractivity contribution in [3.8, 4) is 6.07 Å². The van der Waals surface area contributed by atoms with Crippen LogP contribution in [0.5, 0.6) is 0 Å². The van der Waals surface area contributed by atoms with E-state index < -0.39 is 0 Å². The summed E-state index contributed by atoms with van der Waals surface area (Å²) in [5, 5.41) is 12.0. The molecular formula is C14H12FN3. The summed E-state index contributed by atoms with van der Waals surface area (Å²) in [6, 6.07) is 10.4. The molecule has 1 aromatic carbocycles. The summed E-state index contributed by atoms with van der Waals surface area (Å²) in [4.78, 5) is 4.10. The fourth-order valence-corrected chi connectivity index (χ4v) is 1.64. The van der Waals surface area contributed by atoms with Gasteiger partial charge in [0, 0.05) is 12.7 Å². The summed E-state index contributed by atoms with van der Waals surface area (Å²) in [7, 11) is 0. The Bertz CT molecular complexity index is 602. The van der Waals surface area contributed by atoms with Crippen molar-refractivity contribution in [3.63, 3.8) is 0 Å². The van der Waals surface area contributed by atoms with Crippen molar-refractivity contribution in [1.82, 2.24) is 4.98 Å². The minimum Gasteiger partial charge on any atom is -0.365 e. The van der Waals surface area contributed by atoms with Crippen LogP contribution in [0.25, 0.3) is 0 Å². The van der Waals surface area contributed by atoms with Gasteiger partial charge in [0.15, 0.2) is 0 Å². The number of halogens is 1. The molecule has 0 aliphatic heterocycles. The average Bonchev–Trinajstić information content (AvgIpc) is 2.40. The van der Waals surface area contributed by atoms with Gasteiger partial charge in [-0.05, 0) is 36.2 Å². The third kappa shape index (κ3) is 2.64. The Labute approximate surface area is 105 Å². The molecule has 2 aromatic rings. The molecule has 1 aromatic heterocycles. The first-order valence-corrected chi connectivity index (χ1v) is 5.54. The van der Waals surface area contributed by atoms with Gasteiger partial charge in [0.05, 0.1) is 5.56 Å². The first kappa shape index (κ1) is 12.1. The van der Waals surface area contributed by atoms with E-state index in [1.165, 1.54) is 6.07 Å². The first-order chi connectivity index (χ1) is 8.70. The fourth-order valence-electron chi connectivity index (χ4n) is 1.64. The van der Waals surface area contributed by atoms with Gasteiger partial charge in [0.2, 0.25) is 0 Å². The van der Waals surface area contributed by atoms with E-state index in [0.29, 0.717) is 23.5 Å². The molecule has 0 radical (unpaired) electrons. The molecule has 2 rings (SSSR count). The zero-order chi connectivity index (χ0) is 13.0. The Morgan fingerprint density at radius 2 is 2.22 bits per heavy atom. The van der Waals surface area contributed by atoms with Crippen molar-refractivity contribution in [2.24, 2.45) is 0 Å². The second-order valence-corrected chi connectivity index (χ2v) is 3.95. The summed E-state index contributed by atoms with van der Waals surface area (Å²) in [5.74, 6) is 0.330. The molecule has 0 amide bonds. The number of rotatable bonds is 3. The molecule has 0 aliphatic carbocycles. The predicted molar refractivity (Wildman–Crippen MR) is 67.4 cm³/mol. The lowest BCUT2D eigenvalue weighted by atomic mass is 10.1. The Morgan fingerprint density at radius 3 is 2.94 bits per heavy atom. The molecule has 1 N–H and O–H groups in total. The van der Waals surface area contributed by atoms with Gasteiger partial charge >= 0.3 is 0 Å². The molecule has 1 heterocycles. The standard InChI is InChI=1S/C14H12FN3/c1-10-7-11(4-5-13(10)15)9-18-14-12(8-16)3-2-6-17-14/h2-7H,9H2,1H3,(H,17,18). The fraction of sp³-hybridized carbons (Fsp3) is 0.143. The lowest BCUT2D eigenvalue weighted by molar-refractivity contribution is 0.617. The van der Waals surface area contributed by atoms with Crippen LogP contribution < -0.4 is 5.32 Å². The van der Waals surface area contributed by atoms with E-state index in [1.807, 2.05) is 0 Å². The predicted octanol–water partition coefficient (Wildman–Crippen LogP) is 3.01. The van der Waals surface area contributed by atoms with Crippen LogP contribution in [0.3, 0.4) is 0 Å². The van der Waals surface area contributed by atoms with Gasteiger partial charge in [-0.15, -0.1) is 0 Å². The number of nitrogens with one attached hydrogen (secondary N) is 1. The van der Waals surface area contributed by atoms with Crippen LogP contribution >= 0.6 is 0 Å². The van der Waals surface area contributed by atoms with Crippen molar-refractivity contribution in [2.45, 2.75) is 13.5 Å². The second-order valence-electron chi connectivity index (χ2n) is 3.95. The Morgan fingerprint density at radius 1 is 1.39 bits per heavy atom. The van der Waals surface area contributed by atoms with E-state index >= 15 is 0 Å². The highest BCUT2D eigenvalue weighted by Crippen LogP contribution is 2.13. The molecule has 0 bridgehead atoms. The Hall–Kier alpha value is -2.41. The molecule has 18 heavy (non-hydrogen) atoms. The summed E-state index contributed by atoms with van der Waals surface area (Å²) in [6.45, 7) is 2.23. The van der Waals surface area contributed by atoms with Gasteiger partial charge in [-0.1, -0.05) is 12.1 Å². The van der Waals surface area contributed by atoms with Crippen LogP contribution in [0.4, 0.5) is 10.2 Å². The number of aryl methyl sites for hydroxylation is 1. The highest BCUT2D eigenvalue weighted by atomic mass is 19.1. The van der Waals surface area contributed by atoms with Gasteiger partial charge in [-0.25, -0.2) is 9.37 Å². The summed E-state index contributed by atoms with van der Waals surface area (Å²) >= 11 is 0. The highest BCUT2D eigenvalue weighted by Gasteiger charge is 2.03. The number of nitrogens with zero attached hydrogens (tertiary/aromatic N) is 2. The summed E-state index contributed by atoms with van der Waals surface area (Å²) in [6.07, 6.45) is 1.62. The third-order valence-electron chi connectivity index (χ3n) is 2.61. The molecule has 0 saturated heterocycles. The van der Waals surface area contributed by atoms with Gasteiger partial charge in [-0.2, -0.15) is 5.26 Å². The lowest BCUT2D eigenvalue weighted by Crippen LogP contribution is -2.03. The van der Waals surface area contributed by atoms with Crippen molar-refractivity contribution >= 4 is 5.82 Å². The number of nitriles is 1. The molecule has 0 spiro atoms. The molecule has 0 unspecified atom stereocenters. The molecule has 4 heteroatoms. The van der Waals surface area contributed by atoms with Crippen LogP contribution in [0, 0.1) is 24.1 Å².